The normalized spacial score (nSPS) is 16.0. The van der Waals surface area contributed by atoms with E-state index in [0.29, 0.717) is 21.5 Å². The van der Waals surface area contributed by atoms with Crippen molar-refractivity contribution in [2.24, 2.45) is 5.73 Å². The van der Waals surface area contributed by atoms with Crippen LogP contribution >= 0.6 is 23.2 Å². The first-order valence-electron chi connectivity index (χ1n) is 7.76. The Morgan fingerprint density at radius 3 is 2.58 bits per heavy atom. The fourth-order valence-electron chi connectivity index (χ4n) is 3.10. The summed E-state index contributed by atoms with van der Waals surface area (Å²) in [5.74, 6) is -0.0916. The van der Waals surface area contributed by atoms with Gasteiger partial charge < -0.3 is 10.5 Å². The Hall–Kier alpha value is -2.94. The molecule has 1 aliphatic rings. The second-order valence-electron chi connectivity index (χ2n) is 5.78. The Morgan fingerprint density at radius 2 is 1.88 bits per heavy atom. The van der Waals surface area contributed by atoms with Crippen molar-refractivity contribution in [3.05, 3.63) is 81.2 Å². The average Bonchev–Trinajstić information content (AvgIpc) is 3.07. The number of nitrogens with one attached hydrogen (secondary N) is 1. The number of nitrogens with zero attached hydrogens (tertiary/aromatic N) is 2. The summed E-state index contributed by atoms with van der Waals surface area (Å²) < 4.78 is 5.58. The van der Waals surface area contributed by atoms with Gasteiger partial charge in [-0.3, -0.25) is 5.10 Å². The topological polar surface area (TPSA) is 87.7 Å². The van der Waals surface area contributed by atoms with Gasteiger partial charge in [0.25, 0.3) is 0 Å². The summed E-state index contributed by atoms with van der Waals surface area (Å²) in [6, 6.07) is 17.1. The molecule has 2 aromatic carbocycles. The van der Waals surface area contributed by atoms with E-state index in [9.17, 15) is 5.26 Å². The second kappa shape index (κ2) is 6.41. The highest BCUT2D eigenvalue weighted by Gasteiger charge is 2.35. The zero-order chi connectivity index (χ0) is 18.3. The van der Waals surface area contributed by atoms with Gasteiger partial charge in [0.15, 0.2) is 0 Å². The molecule has 3 aromatic rings. The molecule has 0 fully saturated rings. The van der Waals surface area contributed by atoms with Crippen LogP contribution in [0.3, 0.4) is 0 Å². The van der Waals surface area contributed by atoms with Gasteiger partial charge >= 0.3 is 0 Å². The van der Waals surface area contributed by atoms with E-state index in [4.69, 9.17) is 33.7 Å². The maximum Gasteiger partial charge on any atom is 0.244 e. The maximum atomic E-state index is 9.68. The second-order valence-corrected chi connectivity index (χ2v) is 6.60. The number of rotatable bonds is 2. The van der Waals surface area contributed by atoms with E-state index < -0.39 is 5.92 Å². The Kier molecular flexibility index (Phi) is 4.08. The van der Waals surface area contributed by atoms with E-state index in [0.717, 1.165) is 22.4 Å². The van der Waals surface area contributed by atoms with Crippen molar-refractivity contribution in [2.75, 3.05) is 0 Å². The summed E-state index contributed by atoms with van der Waals surface area (Å²) in [7, 11) is 0. The highest BCUT2D eigenvalue weighted by molar-refractivity contribution is 6.42. The van der Waals surface area contributed by atoms with Crippen LogP contribution in [0.2, 0.25) is 10.0 Å². The molecular formula is C19H12Cl2N4O. The summed E-state index contributed by atoms with van der Waals surface area (Å²) in [6.45, 7) is 0. The molecule has 2 heterocycles. The van der Waals surface area contributed by atoms with Crippen LogP contribution in [-0.4, -0.2) is 10.2 Å². The molecule has 4 rings (SSSR count). The third kappa shape index (κ3) is 2.60. The lowest BCUT2D eigenvalue weighted by Gasteiger charge is -2.24. The number of nitrogens with two attached hydrogens (primary N) is 1. The van der Waals surface area contributed by atoms with Crippen LogP contribution in [0.1, 0.15) is 17.0 Å². The minimum absolute atomic E-state index is 0.0298. The van der Waals surface area contributed by atoms with Gasteiger partial charge in [-0.1, -0.05) is 59.6 Å². The molecule has 128 valence electrons. The van der Waals surface area contributed by atoms with E-state index in [1.807, 2.05) is 36.4 Å². The Morgan fingerprint density at radius 1 is 1.12 bits per heavy atom. The molecule has 26 heavy (non-hydrogen) atoms. The standard InChI is InChI=1S/C19H12Cl2N4O/c20-13-7-6-11(8-14(13)21)15-12(9-22)18(23)26-19-16(15)17(24-25-19)10-4-2-1-3-5-10/h1-8,15H,23H2,(H,24,25). The summed E-state index contributed by atoms with van der Waals surface area (Å²) >= 11 is 12.2. The Bertz CT molecular complexity index is 1070. The third-order valence-corrected chi connectivity index (χ3v) is 5.02. The molecule has 3 N–H and O–H groups in total. The van der Waals surface area contributed by atoms with Crippen LogP contribution in [-0.2, 0) is 0 Å². The fraction of sp³-hybridized carbons (Fsp3) is 0.0526. The molecule has 5 nitrogen and oxygen atoms in total. The van der Waals surface area contributed by atoms with Crippen molar-refractivity contribution in [1.29, 1.82) is 5.26 Å². The molecule has 0 radical (unpaired) electrons. The van der Waals surface area contributed by atoms with Crippen molar-refractivity contribution in [3.8, 4) is 23.2 Å². The van der Waals surface area contributed by atoms with Gasteiger partial charge in [0, 0.05) is 0 Å². The molecule has 1 aliphatic heterocycles. The number of hydrogen-bond donors (Lipinski definition) is 2. The Labute approximate surface area is 159 Å². The maximum absolute atomic E-state index is 9.68. The van der Waals surface area contributed by atoms with E-state index in [1.54, 1.807) is 12.1 Å². The van der Waals surface area contributed by atoms with Crippen molar-refractivity contribution in [3.63, 3.8) is 0 Å². The quantitative estimate of drug-likeness (QED) is 0.677. The van der Waals surface area contributed by atoms with Gasteiger partial charge in [0.2, 0.25) is 11.8 Å². The average molecular weight is 383 g/mol. The molecule has 0 saturated heterocycles. The number of aromatic nitrogens is 2. The highest BCUT2D eigenvalue weighted by atomic mass is 35.5. The summed E-state index contributed by atoms with van der Waals surface area (Å²) in [4.78, 5) is 0. The third-order valence-electron chi connectivity index (χ3n) is 4.28. The zero-order valence-electron chi connectivity index (χ0n) is 13.3. The van der Waals surface area contributed by atoms with Crippen molar-refractivity contribution >= 4 is 23.2 Å². The molecule has 0 bridgehead atoms. The van der Waals surface area contributed by atoms with Crippen LogP contribution in [0.15, 0.2) is 60.0 Å². The number of allylic oxidation sites excluding steroid dienone is 1. The minimum Gasteiger partial charge on any atom is -0.420 e. The first-order chi connectivity index (χ1) is 12.6. The number of fused-ring (bicyclic) bond motifs is 1. The lowest BCUT2D eigenvalue weighted by molar-refractivity contribution is 0.379. The van der Waals surface area contributed by atoms with E-state index >= 15 is 0 Å². The minimum atomic E-state index is -0.465. The predicted octanol–water partition coefficient (Wildman–Crippen LogP) is 4.60. The number of ether oxygens (including phenoxy) is 1. The van der Waals surface area contributed by atoms with E-state index in [2.05, 4.69) is 16.3 Å². The van der Waals surface area contributed by atoms with E-state index in [1.165, 1.54) is 0 Å². The van der Waals surface area contributed by atoms with Crippen LogP contribution < -0.4 is 10.5 Å². The smallest absolute Gasteiger partial charge is 0.244 e. The molecule has 0 aliphatic carbocycles. The molecule has 0 spiro atoms. The predicted molar refractivity (Wildman–Crippen MR) is 99.8 cm³/mol. The van der Waals surface area contributed by atoms with Gasteiger partial charge in [0.05, 0.1) is 27.2 Å². The van der Waals surface area contributed by atoms with Crippen molar-refractivity contribution in [1.82, 2.24) is 10.2 Å². The molecule has 1 aromatic heterocycles. The monoisotopic (exact) mass is 382 g/mol. The van der Waals surface area contributed by atoms with Crippen molar-refractivity contribution < 1.29 is 4.74 Å². The SMILES string of the molecule is N#CC1=C(N)Oc2n[nH]c(-c3ccccc3)c2C1c1ccc(Cl)c(Cl)c1. The van der Waals surface area contributed by atoms with Gasteiger partial charge in [-0.05, 0) is 23.3 Å². The molecular weight excluding hydrogens is 371 g/mol. The lowest BCUT2D eigenvalue weighted by Crippen LogP contribution is -2.21. The van der Waals surface area contributed by atoms with Gasteiger partial charge in [-0.15, -0.1) is 5.10 Å². The summed E-state index contributed by atoms with van der Waals surface area (Å²) in [6.07, 6.45) is 0. The molecule has 0 saturated carbocycles. The molecule has 1 atom stereocenters. The fourth-order valence-corrected chi connectivity index (χ4v) is 3.40. The summed E-state index contributed by atoms with van der Waals surface area (Å²) in [5, 5.41) is 17.8. The first kappa shape index (κ1) is 16.5. The number of H-pyrrole nitrogens is 1. The van der Waals surface area contributed by atoms with Crippen LogP contribution in [0.5, 0.6) is 5.88 Å². The largest absolute Gasteiger partial charge is 0.420 e. The lowest BCUT2D eigenvalue weighted by atomic mass is 9.83. The Balaban J connectivity index is 1.97. The number of benzene rings is 2. The van der Waals surface area contributed by atoms with Gasteiger partial charge in [-0.2, -0.15) is 5.26 Å². The van der Waals surface area contributed by atoms with Crippen LogP contribution in [0.4, 0.5) is 0 Å². The summed E-state index contributed by atoms with van der Waals surface area (Å²) in [5.41, 5.74) is 9.47. The van der Waals surface area contributed by atoms with Crippen LogP contribution in [0.25, 0.3) is 11.3 Å². The van der Waals surface area contributed by atoms with Crippen molar-refractivity contribution in [2.45, 2.75) is 5.92 Å². The number of hydrogen-bond acceptors (Lipinski definition) is 4. The molecule has 1 unspecified atom stereocenters. The van der Waals surface area contributed by atoms with Gasteiger partial charge in [-0.25, -0.2) is 0 Å². The number of halogens is 2. The number of nitriles is 1. The highest BCUT2D eigenvalue weighted by Crippen LogP contribution is 2.46. The molecule has 0 amide bonds. The van der Waals surface area contributed by atoms with Gasteiger partial charge in [0.1, 0.15) is 11.6 Å². The zero-order valence-corrected chi connectivity index (χ0v) is 14.8. The number of aromatic amines is 1. The molecule has 7 heteroatoms. The van der Waals surface area contributed by atoms with E-state index in [-0.39, 0.29) is 5.88 Å². The first-order valence-corrected chi connectivity index (χ1v) is 8.52. The van der Waals surface area contributed by atoms with Crippen LogP contribution in [0, 0.1) is 11.3 Å².